The molecular weight excluding hydrogens is 387 g/mol. The minimum Gasteiger partial charge on any atom is -0.468 e. The monoisotopic (exact) mass is 402 g/mol. The molecule has 0 aliphatic carbocycles. The number of halogens is 1. The summed E-state index contributed by atoms with van der Waals surface area (Å²) in [5.74, 6) is -1.65. The summed E-state index contributed by atoms with van der Waals surface area (Å²) in [5.41, 5.74) is 0. The molecule has 0 aromatic carbocycles. The van der Waals surface area contributed by atoms with E-state index >= 15 is 0 Å². The fraction of sp³-hybridized carbons (Fsp3) is 0.727. The average Bonchev–Trinajstić information content (AvgIpc) is 2.72. The molecule has 6 nitrogen and oxygen atoms in total. The molecule has 1 heterocycles. The molecule has 0 amide bonds. The highest BCUT2D eigenvalue weighted by Gasteiger charge is 2.58. The van der Waals surface area contributed by atoms with Crippen LogP contribution >= 0.6 is 34.4 Å². The summed E-state index contributed by atoms with van der Waals surface area (Å²) >= 11 is 3.28. The molecule has 1 aliphatic heterocycles. The Balaban J connectivity index is 2.88. The van der Waals surface area contributed by atoms with E-state index in [0.717, 1.165) is 11.8 Å². The first-order chi connectivity index (χ1) is 8.87. The molecule has 0 saturated carbocycles. The summed E-state index contributed by atoms with van der Waals surface area (Å²) in [4.78, 5) is 34.7. The van der Waals surface area contributed by atoms with E-state index in [4.69, 9.17) is 14.2 Å². The molecule has 0 N–H and O–H groups in total. The first-order valence-electron chi connectivity index (χ1n) is 5.49. The van der Waals surface area contributed by atoms with Crippen molar-refractivity contribution in [3.63, 3.8) is 0 Å². The number of esters is 3. The number of thioether (sulfide) groups is 1. The van der Waals surface area contributed by atoms with Gasteiger partial charge in [0.2, 0.25) is 4.75 Å². The van der Waals surface area contributed by atoms with Crippen LogP contribution < -0.4 is 0 Å². The first kappa shape index (κ1) is 16.5. The predicted molar refractivity (Wildman–Crippen MR) is 77.2 cm³/mol. The number of carbonyl (C=O) groups excluding carboxylic acids is 3. The van der Waals surface area contributed by atoms with Gasteiger partial charge in [0.1, 0.15) is 6.61 Å². The summed E-state index contributed by atoms with van der Waals surface area (Å²) in [5, 5.41) is -0.150. The molecule has 19 heavy (non-hydrogen) atoms. The largest absolute Gasteiger partial charge is 0.468 e. The molecule has 2 atom stereocenters. The third-order valence-electron chi connectivity index (χ3n) is 2.72. The number of rotatable bonds is 4. The molecular formula is C11H15IO6S. The van der Waals surface area contributed by atoms with Crippen molar-refractivity contribution >= 4 is 52.3 Å². The average molecular weight is 402 g/mol. The number of carbonyl (C=O) groups is 3. The number of ether oxygens (including phenoxy) is 3. The Morgan fingerprint density at radius 3 is 2.21 bits per heavy atom. The molecule has 1 fully saturated rings. The zero-order chi connectivity index (χ0) is 14.6. The SMILES string of the molecule is COC(=O)C1(C(=O)OC)C[C@H](I)[C@H](COC(C)=O)S1. The second-order valence-electron chi connectivity index (χ2n) is 3.99. The zero-order valence-corrected chi connectivity index (χ0v) is 13.8. The Labute approximate surface area is 129 Å². The molecule has 1 rings (SSSR count). The third kappa shape index (κ3) is 3.53. The van der Waals surface area contributed by atoms with Gasteiger partial charge in [-0.2, -0.15) is 0 Å². The predicted octanol–water partition coefficient (Wildman–Crippen LogP) is 0.943. The first-order valence-corrected chi connectivity index (χ1v) is 7.62. The second kappa shape index (κ2) is 6.78. The van der Waals surface area contributed by atoms with Crippen molar-refractivity contribution in [3.8, 4) is 0 Å². The van der Waals surface area contributed by atoms with Gasteiger partial charge in [-0.25, -0.2) is 9.59 Å². The van der Waals surface area contributed by atoms with Gasteiger partial charge in [-0.15, -0.1) is 11.8 Å². The van der Waals surface area contributed by atoms with Crippen molar-refractivity contribution in [2.24, 2.45) is 0 Å². The van der Waals surface area contributed by atoms with Crippen LogP contribution in [0.3, 0.4) is 0 Å². The Morgan fingerprint density at radius 1 is 1.26 bits per heavy atom. The molecule has 1 aliphatic rings. The van der Waals surface area contributed by atoms with Crippen LogP contribution in [0.2, 0.25) is 0 Å². The lowest BCUT2D eigenvalue weighted by Crippen LogP contribution is -2.43. The Bertz CT molecular complexity index is 369. The van der Waals surface area contributed by atoms with E-state index in [-0.39, 0.29) is 15.8 Å². The van der Waals surface area contributed by atoms with Gasteiger partial charge >= 0.3 is 17.9 Å². The van der Waals surface area contributed by atoms with Crippen LogP contribution in [0.1, 0.15) is 13.3 Å². The topological polar surface area (TPSA) is 78.9 Å². The molecule has 0 spiro atoms. The van der Waals surface area contributed by atoms with Crippen LogP contribution in [0.4, 0.5) is 0 Å². The lowest BCUT2D eigenvalue weighted by atomic mass is 10.0. The fourth-order valence-electron chi connectivity index (χ4n) is 1.80. The van der Waals surface area contributed by atoms with Crippen LogP contribution in [-0.2, 0) is 28.6 Å². The number of methoxy groups -OCH3 is 2. The lowest BCUT2D eigenvalue weighted by Gasteiger charge is -2.22. The summed E-state index contributed by atoms with van der Waals surface area (Å²) in [6.45, 7) is 1.47. The van der Waals surface area contributed by atoms with Crippen LogP contribution in [0.5, 0.6) is 0 Å². The lowest BCUT2D eigenvalue weighted by molar-refractivity contribution is -0.156. The number of hydrogen-bond donors (Lipinski definition) is 0. The summed E-state index contributed by atoms with van der Waals surface area (Å²) in [7, 11) is 2.46. The zero-order valence-electron chi connectivity index (χ0n) is 10.8. The van der Waals surface area contributed by atoms with Gasteiger partial charge in [-0.3, -0.25) is 4.79 Å². The van der Waals surface area contributed by atoms with Crippen molar-refractivity contribution in [2.75, 3.05) is 20.8 Å². The van der Waals surface area contributed by atoms with Gasteiger partial charge in [-0.1, -0.05) is 22.6 Å². The van der Waals surface area contributed by atoms with Crippen molar-refractivity contribution in [3.05, 3.63) is 0 Å². The molecule has 0 bridgehead atoms. The van der Waals surface area contributed by atoms with Gasteiger partial charge in [0.25, 0.3) is 0 Å². The molecule has 0 aromatic heterocycles. The number of hydrogen-bond acceptors (Lipinski definition) is 7. The molecule has 108 valence electrons. The number of alkyl halides is 1. The Kier molecular flexibility index (Phi) is 5.90. The highest BCUT2D eigenvalue weighted by Crippen LogP contribution is 2.48. The second-order valence-corrected chi connectivity index (χ2v) is 7.13. The molecule has 0 unspecified atom stereocenters. The van der Waals surface area contributed by atoms with Crippen LogP contribution in [0, 0.1) is 0 Å². The Morgan fingerprint density at radius 2 is 1.79 bits per heavy atom. The van der Waals surface area contributed by atoms with Gasteiger partial charge in [0.15, 0.2) is 0 Å². The molecule has 8 heteroatoms. The molecule has 0 aromatic rings. The van der Waals surface area contributed by atoms with Gasteiger partial charge < -0.3 is 14.2 Å². The maximum absolute atomic E-state index is 11.9. The summed E-state index contributed by atoms with van der Waals surface area (Å²) in [6.07, 6.45) is 0.295. The molecule has 0 radical (unpaired) electrons. The smallest absolute Gasteiger partial charge is 0.333 e. The van der Waals surface area contributed by atoms with Crippen LogP contribution in [0.25, 0.3) is 0 Å². The van der Waals surface area contributed by atoms with Crippen LogP contribution in [-0.4, -0.2) is 52.7 Å². The highest BCUT2D eigenvalue weighted by molar-refractivity contribution is 14.1. The minimum atomic E-state index is -1.36. The van der Waals surface area contributed by atoms with E-state index < -0.39 is 22.7 Å². The van der Waals surface area contributed by atoms with Crippen molar-refractivity contribution in [1.82, 2.24) is 0 Å². The van der Waals surface area contributed by atoms with Crippen molar-refractivity contribution in [2.45, 2.75) is 27.3 Å². The van der Waals surface area contributed by atoms with E-state index in [1.54, 1.807) is 0 Å². The quantitative estimate of drug-likeness (QED) is 0.228. The maximum Gasteiger partial charge on any atom is 0.333 e. The van der Waals surface area contributed by atoms with E-state index in [0.29, 0.717) is 6.42 Å². The highest BCUT2D eigenvalue weighted by atomic mass is 127. The van der Waals surface area contributed by atoms with Gasteiger partial charge in [-0.05, 0) is 6.42 Å². The fourth-order valence-corrected chi connectivity index (χ4v) is 4.94. The summed E-state index contributed by atoms with van der Waals surface area (Å²) in [6, 6.07) is 0. The minimum absolute atomic E-state index is 0.000139. The third-order valence-corrected chi connectivity index (χ3v) is 6.19. The van der Waals surface area contributed by atoms with E-state index in [1.807, 2.05) is 0 Å². The van der Waals surface area contributed by atoms with Gasteiger partial charge in [0.05, 0.1) is 19.5 Å². The van der Waals surface area contributed by atoms with E-state index in [2.05, 4.69) is 22.6 Å². The maximum atomic E-state index is 11.9. The van der Waals surface area contributed by atoms with Gasteiger partial charge in [0, 0.05) is 10.8 Å². The Hall–Kier alpha value is -0.510. The van der Waals surface area contributed by atoms with E-state index in [9.17, 15) is 14.4 Å². The van der Waals surface area contributed by atoms with Crippen molar-refractivity contribution in [1.29, 1.82) is 0 Å². The molecule has 1 saturated heterocycles. The van der Waals surface area contributed by atoms with E-state index in [1.165, 1.54) is 21.1 Å². The van der Waals surface area contributed by atoms with Crippen LogP contribution in [0.15, 0.2) is 0 Å². The van der Waals surface area contributed by atoms with Crippen molar-refractivity contribution < 1.29 is 28.6 Å². The normalized spacial score (nSPS) is 24.6. The standard InChI is InChI=1S/C11H15IO6S/c1-6(13)18-5-8-7(12)4-11(19-8,9(14)16-2)10(15)17-3/h7-8H,4-5H2,1-3H3/t7-,8-/m0/s1. The summed E-state index contributed by atoms with van der Waals surface area (Å²) < 4.78 is 13.0.